The summed E-state index contributed by atoms with van der Waals surface area (Å²) in [5.41, 5.74) is 1.73. The van der Waals surface area contributed by atoms with E-state index in [9.17, 15) is 14.4 Å². The van der Waals surface area contributed by atoms with Crippen LogP contribution in [-0.2, 0) is 31.9 Å². The maximum absolute atomic E-state index is 14.0. The molecule has 0 spiro atoms. The lowest BCUT2D eigenvalue weighted by atomic mass is 9.85. The SMILES string of the molecule is COC(=O)[C@H](CC(C)C)NC(=O)C1(NC(=O)OC(C)(C)C)Cc2ccccc2-c2ccccc2C1. The number of hydrogen-bond acceptors (Lipinski definition) is 5. The minimum Gasteiger partial charge on any atom is -0.467 e. The van der Waals surface area contributed by atoms with Crippen molar-refractivity contribution >= 4 is 18.0 Å². The van der Waals surface area contributed by atoms with Gasteiger partial charge in [-0.15, -0.1) is 0 Å². The minimum atomic E-state index is -1.38. The number of carbonyl (C=O) groups excluding carboxylic acids is 3. The third-order valence-corrected chi connectivity index (χ3v) is 5.98. The minimum absolute atomic E-state index is 0.143. The van der Waals surface area contributed by atoms with Crippen LogP contribution in [0.3, 0.4) is 0 Å². The third-order valence-electron chi connectivity index (χ3n) is 5.98. The van der Waals surface area contributed by atoms with Gasteiger partial charge in [0.05, 0.1) is 7.11 Å². The molecule has 2 aromatic carbocycles. The lowest BCUT2D eigenvalue weighted by Gasteiger charge is -2.35. The first kappa shape index (κ1) is 26.3. The van der Waals surface area contributed by atoms with Crippen LogP contribution in [0.4, 0.5) is 4.79 Å². The first-order valence-corrected chi connectivity index (χ1v) is 12.0. The Morgan fingerprint density at radius 3 is 1.91 bits per heavy atom. The number of esters is 1. The molecule has 1 aliphatic rings. The maximum atomic E-state index is 14.0. The zero-order valence-electron chi connectivity index (χ0n) is 21.4. The predicted octanol–water partition coefficient (Wildman–Crippen LogP) is 4.42. The zero-order chi connectivity index (χ0) is 25.8. The summed E-state index contributed by atoms with van der Waals surface area (Å²) in [6.07, 6.45) is 0.188. The molecule has 2 amide bonds. The molecule has 1 atom stereocenters. The second-order valence-corrected chi connectivity index (χ2v) is 10.6. The molecular formula is C28H36N2O5. The molecule has 0 fully saturated rings. The highest BCUT2D eigenvalue weighted by molar-refractivity contribution is 5.95. The van der Waals surface area contributed by atoms with Crippen molar-refractivity contribution < 1.29 is 23.9 Å². The van der Waals surface area contributed by atoms with Crippen LogP contribution in [-0.4, -0.2) is 42.3 Å². The van der Waals surface area contributed by atoms with Crippen LogP contribution < -0.4 is 10.6 Å². The summed E-state index contributed by atoms with van der Waals surface area (Å²) in [5.74, 6) is -0.829. The molecule has 3 rings (SSSR count). The van der Waals surface area contributed by atoms with Crippen LogP contribution in [0.15, 0.2) is 48.5 Å². The fraction of sp³-hybridized carbons (Fsp3) is 0.464. The van der Waals surface area contributed by atoms with Gasteiger partial charge in [0.2, 0.25) is 5.91 Å². The van der Waals surface area contributed by atoms with Gasteiger partial charge in [0, 0.05) is 12.8 Å². The largest absolute Gasteiger partial charge is 0.467 e. The number of ether oxygens (including phenoxy) is 2. The van der Waals surface area contributed by atoms with Gasteiger partial charge in [-0.3, -0.25) is 4.79 Å². The molecule has 0 aromatic heterocycles. The van der Waals surface area contributed by atoms with Crippen LogP contribution in [0.5, 0.6) is 0 Å². The summed E-state index contributed by atoms with van der Waals surface area (Å²) >= 11 is 0. The number of nitrogens with one attached hydrogen (secondary N) is 2. The fourth-order valence-electron chi connectivity index (χ4n) is 4.52. The van der Waals surface area contributed by atoms with Crippen molar-refractivity contribution in [1.82, 2.24) is 10.6 Å². The molecule has 0 bridgehead atoms. The number of carbonyl (C=O) groups is 3. The number of rotatable bonds is 6. The average molecular weight is 481 g/mol. The van der Waals surface area contributed by atoms with Gasteiger partial charge < -0.3 is 20.1 Å². The van der Waals surface area contributed by atoms with Crippen molar-refractivity contribution in [2.75, 3.05) is 7.11 Å². The first-order valence-electron chi connectivity index (χ1n) is 12.0. The molecule has 1 aliphatic carbocycles. The van der Waals surface area contributed by atoms with Crippen molar-refractivity contribution in [2.45, 2.75) is 71.1 Å². The molecular weight excluding hydrogens is 444 g/mol. The van der Waals surface area contributed by atoms with E-state index < -0.39 is 35.2 Å². The number of fused-ring (bicyclic) bond motifs is 3. The van der Waals surface area contributed by atoms with E-state index in [2.05, 4.69) is 10.6 Å². The molecule has 0 aliphatic heterocycles. The zero-order valence-corrected chi connectivity index (χ0v) is 21.4. The molecule has 2 N–H and O–H groups in total. The molecule has 0 unspecified atom stereocenters. The highest BCUT2D eigenvalue weighted by atomic mass is 16.6. The topological polar surface area (TPSA) is 93.7 Å². The van der Waals surface area contributed by atoms with E-state index in [4.69, 9.17) is 9.47 Å². The number of methoxy groups -OCH3 is 1. The molecule has 0 heterocycles. The lowest BCUT2D eigenvalue weighted by Crippen LogP contribution is -2.64. The van der Waals surface area contributed by atoms with Crippen LogP contribution in [0, 0.1) is 5.92 Å². The number of amides is 2. The Morgan fingerprint density at radius 2 is 1.46 bits per heavy atom. The molecule has 7 nitrogen and oxygen atoms in total. The van der Waals surface area contributed by atoms with Gasteiger partial charge in [-0.25, -0.2) is 9.59 Å². The molecule has 7 heteroatoms. The molecule has 0 radical (unpaired) electrons. The van der Waals surface area contributed by atoms with Crippen molar-refractivity contribution in [3.05, 3.63) is 59.7 Å². The fourth-order valence-corrected chi connectivity index (χ4v) is 4.52. The van der Waals surface area contributed by atoms with Crippen molar-refractivity contribution in [3.63, 3.8) is 0 Å². The number of hydrogen-bond donors (Lipinski definition) is 2. The Labute approximate surface area is 207 Å². The average Bonchev–Trinajstić information content (AvgIpc) is 2.91. The molecule has 188 valence electrons. The normalized spacial score (nSPS) is 15.2. The summed E-state index contributed by atoms with van der Waals surface area (Å²) in [7, 11) is 1.30. The van der Waals surface area contributed by atoms with E-state index in [1.807, 2.05) is 62.4 Å². The third kappa shape index (κ3) is 6.41. The maximum Gasteiger partial charge on any atom is 0.408 e. The summed E-state index contributed by atoms with van der Waals surface area (Å²) in [6, 6.07) is 14.9. The summed E-state index contributed by atoms with van der Waals surface area (Å²) in [5, 5.41) is 5.78. The smallest absolute Gasteiger partial charge is 0.408 e. The molecule has 35 heavy (non-hydrogen) atoms. The van der Waals surface area contributed by atoms with Gasteiger partial charge in [0.1, 0.15) is 17.2 Å². The van der Waals surface area contributed by atoms with Gasteiger partial charge in [-0.2, -0.15) is 0 Å². The number of benzene rings is 2. The quantitative estimate of drug-likeness (QED) is 0.597. The standard InChI is InChI=1S/C28H36N2O5/c1-18(2)15-23(24(31)34-6)29-25(32)28(30-26(33)35-27(3,4)5)16-19-11-7-9-13-21(19)22-14-10-8-12-20(22)17-28/h7-14,18,23H,15-17H2,1-6H3,(H,29,32)(H,30,33)/t23-/m0/s1. The second kappa shape index (κ2) is 10.5. The Kier molecular flexibility index (Phi) is 7.88. The van der Waals surface area contributed by atoms with E-state index >= 15 is 0 Å². The van der Waals surface area contributed by atoms with Crippen LogP contribution in [0.2, 0.25) is 0 Å². The summed E-state index contributed by atoms with van der Waals surface area (Å²) in [4.78, 5) is 39.5. The van der Waals surface area contributed by atoms with Gasteiger partial charge in [-0.1, -0.05) is 62.4 Å². The lowest BCUT2D eigenvalue weighted by molar-refractivity contribution is -0.146. The van der Waals surface area contributed by atoms with Crippen LogP contribution in [0.25, 0.3) is 11.1 Å². The van der Waals surface area contributed by atoms with Crippen LogP contribution in [0.1, 0.15) is 52.2 Å². The van der Waals surface area contributed by atoms with Gasteiger partial charge in [-0.05, 0) is 55.4 Å². The summed E-state index contributed by atoms with van der Waals surface area (Å²) in [6.45, 7) is 9.25. The van der Waals surface area contributed by atoms with Crippen molar-refractivity contribution in [2.24, 2.45) is 5.92 Å². The molecule has 2 aromatic rings. The van der Waals surface area contributed by atoms with Crippen molar-refractivity contribution in [3.8, 4) is 11.1 Å². The first-order chi connectivity index (χ1) is 16.4. The van der Waals surface area contributed by atoms with Crippen molar-refractivity contribution in [1.29, 1.82) is 0 Å². The van der Waals surface area contributed by atoms with Gasteiger partial charge in [0.15, 0.2) is 0 Å². The van der Waals surface area contributed by atoms with Gasteiger partial charge >= 0.3 is 12.1 Å². The predicted molar refractivity (Wildman–Crippen MR) is 135 cm³/mol. The Hall–Kier alpha value is -3.35. The second-order valence-electron chi connectivity index (χ2n) is 10.6. The van der Waals surface area contributed by atoms with E-state index in [1.165, 1.54) is 7.11 Å². The Balaban J connectivity index is 2.09. The van der Waals surface area contributed by atoms with E-state index in [0.717, 1.165) is 22.3 Å². The van der Waals surface area contributed by atoms with E-state index in [1.54, 1.807) is 20.8 Å². The number of alkyl carbamates (subject to hydrolysis) is 1. The van der Waals surface area contributed by atoms with E-state index in [0.29, 0.717) is 6.42 Å². The monoisotopic (exact) mass is 480 g/mol. The summed E-state index contributed by atoms with van der Waals surface area (Å²) < 4.78 is 10.5. The highest BCUT2D eigenvalue weighted by Crippen LogP contribution is 2.36. The van der Waals surface area contributed by atoms with E-state index in [-0.39, 0.29) is 18.8 Å². The van der Waals surface area contributed by atoms with Gasteiger partial charge in [0.25, 0.3) is 0 Å². The highest BCUT2D eigenvalue weighted by Gasteiger charge is 2.45. The Morgan fingerprint density at radius 1 is 0.943 bits per heavy atom. The molecule has 0 saturated heterocycles. The van der Waals surface area contributed by atoms with Crippen LogP contribution >= 0.6 is 0 Å². The molecule has 0 saturated carbocycles. The Bertz CT molecular complexity index is 1040.